The molecule has 1 amide bonds. The van der Waals surface area contributed by atoms with Crippen LogP contribution >= 0.6 is 23.2 Å². The van der Waals surface area contributed by atoms with Crippen molar-refractivity contribution in [1.82, 2.24) is 10.2 Å². The topological polar surface area (TPSA) is 82.4 Å². The average molecular weight is 607 g/mol. The van der Waals surface area contributed by atoms with Crippen LogP contribution in [0.5, 0.6) is 0 Å². The van der Waals surface area contributed by atoms with Crippen molar-refractivity contribution < 1.29 is 23.1 Å². The molecule has 2 aliphatic rings. The number of nitrogens with zero attached hydrogens (tertiary/aromatic N) is 2. The second-order valence-electron chi connectivity index (χ2n) is 12.2. The number of rotatable bonds is 6. The van der Waals surface area contributed by atoms with Crippen molar-refractivity contribution in [3.05, 3.63) is 69.2 Å². The van der Waals surface area contributed by atoms with Crippen LogP contribution in [0.25, 0.3) is 0 Å². The third-order valence-corrected chi connectivity index (χ3v) is 8.85. The number of piperidine rings is 1. The lowest BCUT2D eigenvalue weighted by Crippen LogP contribution is -2.50. The molecule has 4 rings (SSSR count). The van der Waals surface area contributed by atoms with Crippen LogP contribution in [0.2, 0.25) is 10.0 Å². The molecule has 0 aliphatic carbocycles. The molecule has 0 radical (unpaired) electrons. The first-order valence-electron chi connectivity index (χ1n) is 13.7. The highest BCUT2D eigenvalue weighted by Crippen LogP contribution is 2.53. The van der Waals surface area contributed by atoms with Crippen LogP contribution in [-0.2, 0) is 19.7 Å². The number of likely N-dealkylation sites (tertiary alicyclic amines) is 1. The van der Waals surface area contributed by atoms with Crippen molar-refractivity contribution in [2.24, 2.45) is 11.3 Å². The van der Waals surface area contributed by atoms with Crippen LogP contribution in [-0.4, -0.2) is 49.1 Å². The number of hydrogen-bond donors (Lipinski definition) is 1. The molecular weight excluding hydrogens is 571 g/mol. The first-order valence-corrected chi connectivity index (χ1v) is 14.5. The summed E-state index contributed by atoms with van der Waals surface area (Å²) in [5.74, 6) is -3.08. The number of benzene rings is 2. The highest BCUT2D eigenvalue weighted by Gasteiger charge is 2.61. The summed E-state index contributed by atoms with van der Waals surface area (Å²) in [4.78, 5) is 27.7. The largest absolute Gasteiger partial charge is 0.469 e. The van der Waals surface area contributed by atoms with E-state index < -0.39 is 35.1 Å². The zero-order chi connectivity index (χ0) is 30.1. The van der Waals surface area contributed by atoms with Crippen LogP contribution in [0.1, 0.15) is 63.5 Å². The summed E-state index contributed by atoms with van der Waals surface area (Å²) in [5, 5.41) is 14.3. The highest BCUT2D eigenvalue weighted by atomic mass is 35.5. The predicted octanol–water partition coefficient (Wildman–Crippen LogP) is 6.40. The van der Waals surface area contributed by atoms with Gasteiger partial charge in [-0.1, -0.05) is 62.2 Å². The van der Waals surface area contributed by atoms with Gasteiger partial charge in [-0.05, 0) is 54.4 Å². The van der Waals surface area contributed by atoms with Gasteiger partial charge < -0.3 is 15.0 Å². The quantitative estimate of drug-likeness (QED) is 0.385. The molecule has 2 unspecified atom stereocenters. The van der Waals surface area contributed by atoms with Gasteiger partial charge in [0.1, 0.15) is 17.0 Å². The summed E-state index contributed by atoms with van der Waals surface area (Å²) in [6, 6.07) is 9.18. The van der Waals surface area contributed by atoms with Gasteiger partial charge in [-0.25, -0.2) is 8.78 Å². The third-order valence-electron chi connectivity index (χ3n) is 8.32. The minimum atomic E-state index is -1.67. The van der Waals surface area contributed by atoms with Gasteiger partial charge in [0.15, 0.2) is 0 Å². The molecular formula is C31H35Cl2F2N3O3. The molecule has 0 saturated carbocycles. The number of hydrogen-bond acceptors (Lipinski definition) is 5. The number of esters is 1. The van der Waals surface area contributed by atoms with Gasteiger partial charge in [0.2, 0.25) is 5.91 Å². The standard InChI is InChI=1S/C31H35Cl2F2N3O3/c1-30(2,3)16-24-31(17-36,21-9-8-19(32)15-23(21)34)26(20-6-5-7-22(33)27(20)35)28(37-24)29(40)38-12-10-18(11-13-38)14-25(39)41-4/h5-9,15,18,24,26,28,37H,10-14,16H2,1-4H3/t24?,26?,28-,31+/m1/s1. The lowest BCUT2D eigenvalue weighted by atomic mass is 9.62. The molecule has 2 fully saturated rings. The molecule has 2 aromatic carbocycles. The van der Waals surface area contributed by atoms with Crippen molar-refractivity contribution in [1.29, 1.82) is 5.26 Å². The molecule has 2 heterocycles. The fourth-order valence-corrected chi connectivity index (χ4v) is 6.76. The maximum atomic E-state index is 15.8. The molecule has 0 bridgehead atoms. The maximum absolute atomic E-state index is 15.8. The number of ether oxygens (including phenoxy) is 1. The van der Waals surface area contributed by atoms with E-state index in [9.17, 15) is 14.9 Å². The molecule has 6 nitrogen and oxygen atoms in total. The normalized spacial score (nSPS) is 25.1. The average Bonchev–Trinajstić information content (AvgIpc) is 3.23. The van der Waals surface area contributed by atoms with Crippen LogP contribution in [0, 0.1) is 34.3 Å². The van der Waals surface area contributed by atoms with E-state index in [1.165, 1.54) is 31.4 Å². The van der Waals surface area contributed by atoms with Crippen LogP contribution in [0.15, 0.2) is 36.4 Å². The summed E-state index contributed by atoms with van der Waals surface area (Å²) in [6.45, 7) is 6.76. The van der Waals surface area contributed by atoms with Crippen molar-refractivity contribution in [3.8, 4) is 6.07 Å². The third kappa shape index (κ3) is 6.23. The molecule has 2 aliphatic heterocycles. The lowest BCUT2D eigenvalue weighted by molar-refractivity contribution is -0.142. The van der Waals surface area contributed by atoms with E-state index in [1.54, 1.807) is 11.0 Å². The molecule has 0 spiro atoms. The Kier molecular flexibility index (Phi) is 9.32. The number of nitrogens with one attached hydrogen (secondary N) is 1. The fourth-order valence-electron chi connectivity index (χ4n) is 6.42. The summed E-state index contributed by atoms with van der Waals surface area (Å²) >= 11 is 12.3. The number of carbonyl (C=O) groups is 2. The Morgan fingerprint density at radius 2 is 1.85 bits per heavy atom. The molecule has 4 atom stereocenters. The highest BCUT2D eigenvalue weighted by molar-refractivity contribution is 6.31. The van der Waals surface area contributed by atoms with E-state index in [0.29, 0.717) is 32.4 Å². The molecule has 10 heteroatoms. The number of amides is 1. The van der Waals surface area contributed by atoms with Crippen molar-refractivity contribution in [2.75, 3.05) is 20.2 Å². The molecule has 220 valence electrons. The number of methoxy groups -OCH3 is 1. The van der Waals surface area contributed by atoms with Gasteiger partial charge in [-0.15, -0.1) is 0 Å². The van der Waals surface area contributed by atoms with E-state index in [4.69, 9.17) is 27.9 Å². The van der Waals surface area contributed by atoms with Crippen LogP contribution < -0.4 is 5.32 Å². The first-order chi connectivity index (χ1) is 19.3. The maximum Gasteiger partial charge on any atom is 0.305 e. The van der Waals surface area contributed by atoms with E-state index in [0.717, 1.165) is 6.07 Å². The van der Waals surface area contributed by atoms with Crippen molar-refractivity contribution in [3.63, 3.8) is 0 Å². The second kappa shape index (κ2) is 12.2. The SMILES string of the molecule is COC(=O)CC1CCN(C(=O)[C@@H]2NC(CC(C)(C)C)[C@](C#N)(c3ccc(Cl)cc3F)C2c2cccc(Cl)c2F)CC1. The Morgan fingerprint density at radius 3 is 2.44 bits per heavy atom. The molecule has 41 heavy (non-hydrogen) atoms. The Labute approximate surface area is 249 Å². The van der Waals surface area contributed by atoms with Crippen LogP contribution in [0.4, 0.5) is 8.78 Å². The summed E-state index contributed by atoms with van der Waals surface area (Å²) < 4.78 is 36.4. The summed E-state index contributed by atoms with van der Waals surface area (Å²) in [5.41, 5.74) is -1.89. The minimum absolute atomic E-state index is 0.0441. The van der Waals surface area contributed by atoms with E-state index in [-0.39, 0.29) is 50.8 Å². The minimum Gasteiger partial charge on any atom is -0.469 e. The summed E-state index contributed by atoms with van der Waals surface area (Å²) in [7, 11) is 1.35. The second-order valence-corrected chi connectivity index (χ2v) is 13.1. The fraction of sp³-hybridized carbons (Fsp3) is 0.516. The Balaban J connectivity index is 1.84. The predicted molar refractivity (Wildman–Crippen MR) is 154 cm³/mol. The Morgan fingerprint density at radius 1 is 1.17 bits per heavy atom. The van der Waals surface area contributed by atoms with E-state index in [2.05, 4.69) is 11.4 Å². The van der Waals surface area contributed by atoms with Crippen LogP contribution in [0.3, 0.4) is 0 Å². The Bertz CT molecular complexity index is 1350. The number of carbonyl (C=O) groups excluding carboxylic acids is 2. The Hall–Kier alpha value is -2.73. The molecule has 1 N–H and O–H groups in total. The zero-order valence-corrected chi connectivity index (χ0v) is 25.2. The van der Waals surface area contributed by atoms with Crippen molar-refractivity contribution in [2.45, 2.75) is 69.9 Å². The van der Waals surface area contributed by atoms with Gasteiger partial charge in [-0.3, -0.25) is 9.59 Å². The summed E-state index contributed by atoms with van der Waals surface area (Å²) in [6.07, 6.45) is 1.87. The van der Waals surface area contributed by atoms with Gasteiger partial charge in [0.05, 0.1) is 24.2 Å². The zero-order valence-electron chi connectivity index (χ0n) is 23.6. The van der Waals surface area contributed by atoms with Crippen molar-refractivity contribution >= 4 is 35.1 Å². The lowest BCUT2D eigenvalue weighted by Gasteiger charge is -2.38. The smallest absolute Gasteiger partial charge is 0.305 e. The molecule has 0 aromatic heterocycles. The molecule has 2 aromatic rings. The van der Waals surface area contributed by atoms with Gasteiger partial charge in [-0.2, -0.15) is 5.26 Å². The van der Waals surface area contributed by atoms with E-state index >= 15 is 8.78 Å². The monoisotopic (exact) mass is 605 g/mol. The first kappa shape index (κ1) is 31.2. The number of halogens is 4. The number of nitriles is 1. The van der Waals surface area contributed by atoms with Gasteiger partial charge >= 0.3 is 5.97 Å². The van der Waals surface area contributed by atoms with E-state index in [1.807, 2.05) is 20.8 Å². The molecule has 2 saturated heterocycles. The van der Waals surface area contributed by atoms with Gasteiger partial charge in [0, 0.05) is 42.1 Å². The van der Waals surface area contributed by atoms with Gasteiger partial charge in [0.25, 0.3) is 0 Å².